The first-order chi connectivity index (χ1) is 14.9. The Balaban J connectivity index is 1.33. The second kappa shape index (κ2) is 9.25. The third-order valence-corrected chi connectivity index (χ3v) is 6.84. The largest absolute Gasteiger partial charge is 0.481 e. The highest BCUT2D eigenvalue weighted by Gasteiger charge is 2.28. The van der Waals surface area contributed by atoms with Gasteiger partial charge < -0.3 is 9.64 Å². The minimum Gasteiger partial charge on any atom is -0.481 e. The number of carbonyl (C=O) groups excluding carboxylic acids is 1. The molecule has 0 radical (unpaired) electrons. The Bertz CT molecular complexity index is 1010. The molecule has 0 saturated carbocycles. The van der Waals surface area contributed by atoms with Crippen molar-refractivity contribution in [1.29, 1.82) is 0 Å². The van der Waals surface area contributed by atoms with Gasteiger partial charge in [0, 0.05) is 25.7 Å². The molecule has 1 aromatic heterocycles. The topological polar surface area (TPSA) is 64.4 Å². The van der Waals surface area contributed by atoms with Crippen molar-refractivity contribution in [2.45, 2.75) is 71.9 Å². The first kappa shape index (κ1) is 21.6. The van der Waals surface area contributed by atoms with Gasteiger partial charge in [-0.1, -0.05) is 12.1 Å². The number of hydrogen-bond acceptors (Lipinski definition) is 4. The fraction of sp³-hybridized carbons (Fsp3) is 0.560. The molecule has 1 aliphatic carbocycles. The molecule has 1 saturated heterocycles. The average Bonchev–Trinajstić information content (AvgIpc) is 2.77. The lowest BCUT2D eigenvalue weighted by Crippen LogP contribution is -2.45. The fourth-order valence-corrected chi connectivity index (χ4v) is 4.66. The van der Waals surface area contributed by atoms with Gasteiger partial charge >= 0.3 is 0 Å². The summed E-state index contributed by atoms with van der Waals surface area (Å²) in [6.45, 7) is 7.93. The number of aromatic nitrogens is 2. The van der Waals surface area contributed by atoms with Crippen LogP contribution in [0.1, 0.15) is 55.0 Å². The Labute approximate surface area is 184 Å². The van der Waals surface area contributed by atoms with Crippen LogP contribution in [0.4, 0.5) is 0 Å². The number of nitrogens with zero attached hydrogens (tertiary/aromatic N) is 3. The van der Waals surface area contributed by atoms with E-state index < -0.39 is 6.10 Å². The highest BCUT2D eigenvalue weighted by molar-refractivity contribution is 5.81. The quantitative estimate of drug-likeness (QED) is 0.739. The Morgan fingerprint density at radius 2 is 1.94 bits per heavy atom. The summed E-state index contributed by atoms with van der Waals surface area (Å²) in [5.41, 5.74) is 4.46. The third-order valence-electron chi connectivity index (χ3n) is 6.84. The van der Waals surface area contributed by atoms with Crippen molar-refractivity contribution < 1.29 is 9.53 Å². The van der Waals surface area contributed by atoms with Gasteiger partial charge in [0.25, 0.3) is 11.5 Å². The molecule has 0 N–H and O–H groups in total. The van der Waals surface area contributed by atoms with Crippen LogP contribution in [-0.4, -0.2) is 39.8 Å². The van der Waals surface area contributed by atoms with Crippen LogP contribution >= 0.6 is 0 Å². The van der Waals surface area contributed by atoms with Gasteiger partial charge in [-0.15, -0.1) is 0 Å². The first-order valence-corrected chi connectivity index (χ1v) is 11.5. The molecule has 4 rings (SSSR count). The predicted molar refractivity (Wildman–Crippen MR) is 120 cm³/mol. The fourth-order valence-electron chi connectivity index (χ4n) is 4.66. The molecule has 31 heavy (non-hydrogen) atoms. The molecule has 1 aromatic carbocycles. The zero-order valence-corrected chi connectivity index (χ0v) is 18.9. The molecular formula is C25H33N3O3. The molecule has 2 heterocycles. The van der Waals surface area contributed by atoms with E-state index in [0.29, 0.717) is 25.6 Å². The molecule has 2 aliphatic rings. The number of hydrogen-bond donors (Lipinski definition) is 0. The van der Waals surface area contributed by atoms with Crippen molar-refractivity contribution in [2.75, 3.05) is 13.1 Å². The van der Waals surface area contributed by atoms with Gasteiger partial charge in [-0.25, -0.2) is 4.68 Å². The standard InChI is InChI=1S/C25H33N3O3/c1-17-7-6-10-23(18(17)2)31-19(3)25(30)27-13-11-20(12-14-27)16-28-24(29)15-21-8-4-5-9-22(21)26-28/h6-7,10,15,19-20H,4-5,8-9,11-14,16H2,1-3H3. The summed E-state index contributed by atoms with van der Waals surface area (Å²) in [5, 5.41) is 4.66. The van der Waals surface area contributed by atoms with E-state index in [9.17, 15) is 9.59 Å². The van der Waals surface area contributed by atoms with Crippen molar-refractivity contribution in [2.24, 2.45) is 5.92 Å². The van der Waals surface area contributed by atoms with Crippen molar-refractivity contribution in [1.82, 2.24) is 14.7 Å². The molecule has 2 aromatic rings. The van der Waals surface area contributed by atoms with E-state index in [1.807, 2.05) is 43.9 Å². The summed E-state index contributed by atoms with van der Waals surface area (Å²) in [6.07, 6.45) is 5.50. The number of likely N-dealkylation sites (tertiary alicyclic amines) is 1. The van der Waals surface area contributed by atoms with Gasteiger partial charge in [0.2, 0.25) is 0 Å². The highest BCUT2D eigenvalue weighted by atomic mass is 16.5. The Kier molecular flexibility index (Phi) is 6.44. The molecule has 1 atom stereocenters. The van der Waals surface area contributed by atoms with E-state index in [2.05, 4.69) is 5.10 Å². The maximum atomic E-state index is 12.9. The van der Waals surface area contributed by atoms with Gasteiger partial charge in [-0.3, -0.25) is 9.59 Å². The van der Waals surface area contributed by atoms with Crippen LogP contribution in [0, 0.1) is 19.8 Å². The minimum atomic E-state index is -0.512. The van der Waals surface area contributed by atoms with Crippen LogP contribution in [0.25, 0.3) is 0 Å². The van der Waals surface area contributed by atoms with Gasteiger partial charge in [0.1, 0.15) is 5.75 Å². The van der Waals surface area contributed by atoms with Crippen LogP contribution < -0.4 is 10.3 Å². The predicted octanol–water partition coefficient (Wildman–Crippen LogP) is 3.45. The lowest BCUT2D eigenvalue weighted by atomic mass is 9.95. The lowest BCUT2D eigenvalue weighted by molar-refractivity contribution is -0.139. The third kappa shape index (κ3) is 4.83. The summed E-state index contributed by atoms with van der Waals surface area (Å²) >= 11 is 0. The Hall–Kier alpha value is -2.63. The number of carbonyl (C=O) groups is 1. The second-order valence-corrected chi connectivity index (χ2v) is 9.07. The molecule has 6 nitrogen and oxygen atoms in total. The Morgan fingerprint density at radius 3 is 2.71 bits per heavy atom. The number of rotatable bonds is 5. The number of fused-ring (bicyclic) bond motifs is 1. The van der Waals surface area contributed by atoms with Crippen molar-refractivity contribution in [3.05, 3.63) is 57.0 Å². The van der Waals surface area contributed by atoms with E-state index in [-0.39, 0.29) is 11.5 Å². The highest BCUT2D eigenvalue weighted by Crippen LogP contribution is 2.24. The van der Waals surface area contributed by atoms with E-state index in [1.165, 1.54) is 0 Å². The molecule has 1 amide bonds. The molecule has 1 aliphatic heterocycles. The minimum absolute atomic E-state index is 0.00898. The molecule has 1 fully saturated rings. The molecule has 1 unspecified atom stereocenters. The maximum absolute atomic E-state index is 12.9. The molecule has 166 valence electrons. The van der Waals surface area contributed by atoms with Crippen LogP contribution in [0.15, 0.2) is 29.1 Å². The van der Waals surface area contributed by atoms with Crippen LogP contribution in [0.3, 0.4) is 0 Å². The SMILES string of the molecule is Cc1cccc(OC(C)C(=O)N2CCC(Cn3nc4c(cc3=O)CCCC4)CC2)c1C. The van der Waals surface area contributed by atoms with E-state index in [0.717, 1.165) is 66.7 Å². The zero-order chi connectivity index (χ0) is 22.0. The van der Waals surface area contributed by atoms with Gasteiger partial charge in [-0.05, 0) is 88.0 Å². The number of ether oxygens (including phenoxy) is 1. The second-order valence-electron chi connectivity index (χ2n) is 9.07. The van der Waals surface area contributed by atoms with Gasteiger partial charge in [0.05, 0.1) is 5.69 Å². The monoisotopic (exact) mass is 423 g/mol. The normalized spacial score (nSPS) is 17.8. The maximum Gasteiger partial charge on any atom is 0.267 e. The van der Waals surface area contributed by atoms with Gasteiger partial charge in [-0.2, -0.15) is 5.10 Å². The lowest BCUT2D eigenvalue weighted by Gasteiger charge is -2.33. The number of amides is 1. The number of benzene rings is 1. The smallest absolute Gasteiger partial charge is 0.267 e. The van der Waals surface area contributed by atoms with E-state index >= 15 is 0 Å². The van der Waals surface area contributed by atoms with Crippen molar-refractivity contribution in [3.8, 4) is 5.75 Å². The molecule has 6 heteroatoms. The van der Waals surface area contributed by atoms with E-state index in [1.54, 1.807) is 10.7 Å². The zero-order valence-electron chi connectivity index (χ0n) is 18.9. The number of piperidine rings is 1. The van der Waals surface area contributed by atoms with Crippen LogP contribution in [0.5, 0.6) is 5.75 Å². The summed E-state index contributed by atoms with van der Waals surface area (Å²) in [7, 11) is 0. The van der Waals surface area contributed by atoms with Gasteiger partial charge in [0.15, 0.2) is 6.10 Å². The van der Waals surface area contributed by atoms with E-state index in [4.69, 9.17) is 4.74 Å². The van der Waals surface area contributed by atoms with Crippen molar-refractivity contribution >= 4 is 5.91 Å². The van der Waals surface area contributed by atoms with Crippen LogP contribution in [0.2, 0.25) is 0 Å². The summed E-state index contributed by atoms with van der Waals surface area (Å²) in [4.78, 5) is 27.3. The summed E-state index contributed by atoms with van der Waals surface area (Å²) in [5.74, 6) is 1.17. The average molecular weight is 424 g/mol. The summed E-state index contributed by atoms with van der Waals surface area (Å²) < 4.78 is 7.64. The number of aryl methyl sites for hydroxylation is 3. The molecular weight excluding hydrogens is 390 g/mol. The summed E-state index contributed by atoms with van der Waals surface area (Å²) in [6, 6.07) is 7.70. The molecule has 0 bridgehead atoms. The first-order valence-electron chi connectivity index (χ1n) is 11.5. The van der Waals surface area contributed by atoms with Crippen LogP contribution in [-0.2, 0) is 24.2 Å². The molecule has 0 spiro atoms. The Morgan fingerprint density at radius 1 is 1.19 bits per heavy atom. The van der Waals surface area contributed by atoms with Crippen molar-refractivity contribution in [3.63, 3.8) is 0 Å².